The molecule has 8 heteroatoms. The third-order valence-electron chi connectivity index (χ3n) is 4.90. The van der Waals surface area contributed by atoms with Gasteiger partial charge in [-0.25, -0.2) is 4.79 Å². The molecule has 2 aliphatic rings. The fourth-order valence-electron chi connectivity index (χ4n) is 3.37. The van der Waals surface area contributed by atoms with Crippen LogP contribution in [-0.2, 0) is 20.8 Å². The Morgan fingerprint density at radius 2 is 1.80 bits per heavy atom. The van der Waals surface area contributed by atoms with Crippen LogP contribution in [-0.4, -0.2) is 35.0 Å². The Kier molecular flexibility index (Phi) is 3.98. The Morgan fingerprint density at radius 3 is 2.28 bits per heavy atom. The largest absolute Gasteiger partial charge is 0.481 e. The molecule has 4 amide bonds. The normalized spacial score (nSPS) is 26.6. The number of imide groups is 1. The number of urea groups is 1. The lowest BCUT2D eigenvalue weighted by Gasteiger charge is -2.09. The molecule has 3 atom stereocenters. The summed E-state index contributed by atoms with van der Waals surface area (Å²) in [5.41, 5.74) is 0.834. The Balaban J connectivity index is 1.60. The smallest absolute Gasteiger partial charge is 0.322 e. The predicted molar refractivity (Wildman–Crippen MR) is 87.6 cm³/mol. The molecule has 1 saturated heterocycles. The standard InChI is InChI=1S/C17H19N3O5/c1-17(2)11(12(17)15(23)24)14(22)18-9-5-3-8(4-6-9)7-10-13(21)20-16(25)19-10/h3-6,10-12H,7H2,1-2H3,(H,18,22)(H,23,24)(H2,19,20,21,25)/t10?,11-,12+/m1/s1. The van der Waals surface area contributed by atoms with E-state index in [9.17, 15) is 19.2 Å². The van der Waals surface area contributed by atoms with Gasteiger partial charge >= 0.3 is 12.0 Å². The average molecular weight is 345 g/mol. The molecule has 1 aliphatic carbocycles. The average Bonchev–Trinajstić information content (AvgIpc) is 2.97. The summed E-state index contributed by atoms with van der Waals surface area (Å²) in [5.74, 6) is -2.86. The first-order valence-electron chi connectivity index (χ1n) is 7.94. The molecule has 0 radical (unpaired) electrons. The zero-order valence-corrected chi connectivity index (χ0v) is 13.8. The quantitative estimate of drug-likeness (QED) is 0.586. The maximum absolute atomic E-state index is 12.3. The summed E-state index contributed by atoms with van der Waals surface area (Å²) in [4.78, 5) is 46.1. The molecule has 1 aromatic carbocycles. The number of hydrogen-bond acceptors (Lipinski definition) is 4. The number of carboxylic acid groups (broad SMARTS) is 1. The fraction of sp³-hybridized carbons (Fsp3) is 0.412. The van der Waals surface area contributed by atoms with Crippen molar-refractivity contribution >= 4 is 29.5 Å². The van der Waals surface area contributed by atoms with Gasteiger partial charge in [-0.05, 0) is 23.1 Å². The van der Waals surface area contributed by atoms with Crippen LogP contribution in [0.25, 0.3) is 0 Å². The van der Waals surface area contributed by atoms with E-state index in [1.807, 2.05) is 0 Å². The first-order valence-corrected chi connectivity index (χ1v) is 7.94. The van der Waals surface area contributed by atoms with E-state index >= 15 is 0 Å². The van der Waals surface area contributed by atoms with Gasteiger partial charge in [0, 0.05) is 12.1 Å². The molecule has 132 valence electrons. The van der Waals surface area contributed by atoms with Gasteiger partial charge < -0.3 is 15.7 Å². The molecule has 1 aliphatic heterocycles. The number of carbonyl (C=O) groups is 4. The van der Waals surface area contributed by atoms with Crippen LogP contribution in [0.1, 0.15) is 19.4 Å². The van der Waals surface area contributed by atoms with E-state index < -0.39 is 35.3 Å². The number of nitrogens with one attached hydrogen (secondary N) is 3. The first-order chi connectivity index (χ1) is 11.7. The molecule has 2 fully saturated rings. The first kappa shape index (κ1) is 16.9. The highest BCUT2D eigenvalue weighted by atomic mass is 16.4. The second-order valence-electron chi connectivity index (χ2n) is 7.02. The minimum Gasteiger partial charge on any atom is -0.481 e. The number of rotatable bonds is 5. The van der Waals surface area contributed by atoms with Crippen molar-refractivity contribution in [3.05, 3.63) is 29.8 Å². The lowest BCUT2D eigenvalue weighted by Crippen LogP contribution is -2.31. The van der Waals surface area contributed by atoms with Crippen molar-refractivity contribution in [3.63, 3.8) is 0 Å². The van der Waals surface area contributed by atoms with Crippen molar-refractivity contribution < 1.29 is 24.3 Å². The van der Waals surface area contributed by atoms with E-state index in [1.165, 1.54) is 0 Å². The predicted octanol–water partition coefficient (Wildman–Crippen LogP) is 0.732. The van der Waals surface area contributed by atoms with E-state index in [1.54, 1.807) is 38.1 Å². The highest BCUT2D eigenvalue weighted by molar-refractivity contribution is 6.04. The fourth-order valence-corrected chi connectivity index (χ4v) is 3.37. The lowest BCUT2D eigenvalue weighted by atomic mass is 10.1. The Morgan fingerprint density at radius 1 is 1.16 bits per heavy atom. The zero-order valence-electron chi connectivity index (χ0n) is 13.8. The van der Waals surface area contributed by atoms with Gasteiger partial charge in [0.25, 0.3) is 5.91 Å². The van der Waals surface area contributed by atoms with Gasteiger partial charge in [0.05, 0.1) is 11.8 Å². The molecule has 1 aromatic rings. The molecule has 3 rings (SSSR count). The van der Waals surface area contributed by atoms with E-state index in [0.29, 0.717) is 12.1 Å². The summed E-state index contributed by atoms with van der Waals surface area (Å²) in [6, 6.07) is 5.77. The summed E-state index contributed by atoms with van der Waals surface area (Å²) in [6.45, 7) is 3.53. The number of anilines is 1. The van der Waals surface area contributed by atoms with E-state index in [2.05, 4.69) is 16.0 Å². The van der Waals surface area contributed by atoms with Crippen molar-refractivity contribution in [2.75, 3.05) is 5.32 Å². The summed E-state index contributed by atoms with van der Waals surface area (Å²) in [6.07, 6.45) is 0.350. The van der Waals surface area contributed by atoms with Crippen LogP contribution in [0.15, 0.2) is 24.3 Å². The molecule has 1 heterocycles. The van der Waals surface area contributed by atoms with Gasteiger partial charge in [-0.2, -0.15) is 0 Å². The monoisotopic (exact) mass is 345 g/mol. The Hall–Kier alpha value is -2.90. The molecule has 4 N–H and O–H groups in total. The minimum atomic E-state index is -0.961. The van der Waals surface area contributed by atoms with Crippen molar-refractivity contribution in [1.29, 1.82) is 0 Å². The van der Waals surface area contributed by atoms with Crippen LogP contribution in [0.4, 0.5) is 10.5 Å². The van der Waals surface area contributed by atoms with Crippen LogP contribution >= 0.6 is 0 Å². The highest BCUT2D eigenvalue weighted by Crippen LogP contribution is 2.58. The molecular formula is C17H19N3O5. The van der Waals surface area contributed by atoms with Crippen LogP contribution < -0.4 is 16.0 Å². The number of aliphatic carboxylic acids is 1. The van der Waals surface area contributed by atoms with Gasteiger partial charge in [0.1, 0.15) is 6.04 Å². The number of carbonyl (C=O) groups excluding carboxylic acids is 3. The van der Waals surface area contributed by atoms with Crippen LogP contribution in [0, 0.1) is 17.3 Å². The SMILES string of the molecule is CC1(C)[C@H](C(=O)O)[C@@H]1C(=O)Nc1ccc(CC2NC(=O)NC2=O)cc1. The molecule has 8 nitrogen and oxygen atoms in total. The molecule has 1 saturated carbocycles. The summed E-state index contributed by atoms with van der Waals surface area (Å²) in [5, 5.41) is 16.6. The lowest BCUT2D eigenvalue weighted by molar-refractivity contribution is -0.140. The number of amides is 4. The third kappa shape index (κ3) is 3.19. The minimum absolute atomic E-state index is 0.312. The second-order valence-corrected chi connectivity index (χ2v) is 7.02. The molecule has 25 heavy (non-hydrogen) atoms. The van der Waals surface area contributed by atoms with E-state index in [-0.39, 0.29) is 11.8 Å². The number of carboxylic acids is 1. The van der Waals surface area contributed by atoms with Crippen LogP contribution in [0.2, 0.25) is 0 Å². The Bertz CT molecular complexity index is 756. The van der Waals surface area contributed by atoms with Gasteiger partial charge in [0.2, 0.25) is 5.91 Å². The summed E-state index contributed by atoms with van der Waals surface area (Å²) < 4.78 is 0. The maximum atomic E-state index is 12.3. The van der Waals surface area contributed by atoms with Crippen LogP contribution in [0.5, 0.6) is 0 Å². The van der Waals surface area contributed by atoms with Gasteiger partial charge in [-0.1, -0.05) is 26.0 Å². The van der Waals surface area contributed by atoms with Crippen LogP contribution in [0.3, 0.4) is 0 Å². The topological polar surface area (TPSA) is 125 Å². The molecule has 0 aromatic heterocycles. The molecule has 0 bridgehead atoms. The zero-order chi connectivity index (χ0) is 18.4. The summed E-state index contributed by atoms with van der Waals surface area (Å²) >= 11 is 0. The van der Waals surface area contributed by atoms with Crippen molar-refractivity contribution in [3.8, 4) is 0 Å². The molecule has 1 unspecified atom stereocenters. The summed E-state index contributed by atoms with van der Waals surface area (Å²) in [7, 11) is 0. The van der Waals surface area contributed by atoms with Crippen molar-refractivity contribution in [2.45, 2.75) is 26.3 Å². The maximum Gasteiger partial charge on any atom is 0.322 e. The van der Waals surface area contributed by atoms with Gasteiger partial charge in [-0.15, -0.1) is 0 Å². The second kappa shape index (κ2) is 5.87. The van der Waals surface area contributed by atoms with Gasteiger partial charge in [-0.3, -0.25) is 19.7 Å². The molecule has 0 spiro atoms. The molecular weight excluding hydrogens is 326 g/mol. The highest BCUT2D eigenvalue weighted by Gasteiger charge is 2.65. The third-order valence-corrected chi connectivity index (χ3v) is 4.90. The van der Waals surface area contributed by atoms with E-state index in [0.717, 1.165) is 5.56 Å². The number of hydrogen-bond donors (Lipinski definition) is 4. The van der Waals surface area contributed by atoms with Crippen molar-refractivity contribution in [1.82, 2.24) is 10.6 Å². The Labute approximate surface area is 144 Å². The van der Waals surface area contributed by atoms with E-state index in [4.69, 9.17) is 5.11 Å². The van der Waals surface area contributed by atoms with Crippen molar-refractivity contribution in [2.24, 2.45) is 17.3 Å². The van der Waals surface area contributed by atoms with Gasteiger partial charge in [0.15, 0.2) is 0 Å². The number of benzene rings is 1.